The number of methoxy groups -OCH3 is 3. The standard InChI is InChI=1S/C18H18O4/c1-20-16-10-11-17(21-2)15(12-16)9-6-13-4-7-14(8-5-13)18(19)22-3/h4-12H,1-3H3/b9-6+. The highest BCUT2D eigenvalue weighted by Crippen LogP contribution is 2.25. The second-order valence-corrected chi connectivity index (χ2v) is 4.55. The van der Waals surface area contributed by atoms with Crippen molar-refractivity contribution in [1.82, 2.24) is 0 Å². The van der Waals surface area contributed by atoms with E-state index in [0.29, 0.717) is 5.56 Å². The maximum Gasteiger partial charge on any atom is 0.337 e. The topological polar surface area (TPSA) is 44.8 Å². The number of hydrogen-bond acceptors (Lipinski definition) is 4. The summed E-state index contributed by atoms with van der Waals surface area (Å²) in [5, 5.41) is 0. The Bertz CT molecular complexity index is 672. The molecule has 2 aromatic carbocycles. The number of carbonyl (C=O) groups excluding carboxylic acids is 1. The van der Waals surface area contributed by atoms with Crippen molar-refractivity contribution >= 4 is 18.1 Å². The van der Waals surface area contributed by atoms with Crippen molar-refractivity contribution in [3.8, 4) is 11.5 Å². The number of carbonyl (C=O) groups is 1. The summed E-state index contributed by atoms with van der Waals surface area (Å²) < 4.78 is 15.2. The molecule has 0 N–H and O–H groups in total. The lowest BCUT2D eigenvalue weighted by Crippen LogP contribution is -2.00. The molecule has 0 atom stereocenters. The van der Waals surface area contributed by atoms with Gasteiger partial charge in [-0.05, 0) is 35.9 Å². The largest absolute Gasteiger partial charge is 0.497 e. The summed E-state index contributed by atoms with van der Waals surface area (Å²) in [5.41, 5.74) is 2.41. The fraction of sp³-hybridized carbons (Fsp3) is 0.167. The summed E-state index contributed by atoms with van der Waals surface area (Å²) >= 11 is 0. The minimum atomic E-state index is -0.343. The van der Waals surface area contributed by atoms with Gasteiger partial charge in [-0.15, -0.1) is 0 Å². The van der Waals surface area contributed by atoms with Crippen LogP contribution in [0.5, 0.6) is 11.5 Å². The van der Waals surface area contributed by atoms with E-state index >= 15 is 0 Å². The molecule has 0 aliphatic carbocycles. The molecular weight excluding hydrogens is 280 g/mol. The normalized spacial score (nSPS) is 10.5. The Morgan fingerprint density at radius 2 is 1.64 bits per heavy atom. The van der Waals surface area contributed by atoms with Crippen LogP contribution in [-0.2, 0) is 4.74 Å². The average Bonchev–Trinajstić information content (AvgIpc) is 2.59. The van der Waals surface area contributed by atoms with Gasteiger partial charge in [-0.1, -0.05) is 24.3 Å². The van der Waals surface area contributed by atoms with Gasteiger partial charge >= 0.3 is 5.97 Å². The molecule has 114 valence electrons. The summed E-state index contributed by atoms with van der Waals surface area (Å²) in [4.78, 5) is 11.4. The van der Waals surface area contributed by atoms with Crippen LogP contribution in [0, 0.1) is 0 Å². The van der Waals surface area contributed by atoms with E-state index in [0.717, 1.165) is 22.6 Å². The van der Waals surface area contributed by atoms with Crippen molar-refractivity contribution in [2.24, 2.45) is 0 Å². The zero-order valence-electron chi connectivity index (χ0n) is 12.8. The van der Waals surface area contributed by atoms with Crippen molar-refractivity contribution < 1.29 is 19.0 Å². The molecule has 0 saturated heterocycles. The van der Waals surface area contributed by atoms with Crippen molar-refractivity contribution in [3.63, 3.8) is 0 Å². The number of hydrogen-bond donors (Lipinski definition) is 0. The molecule has 0 aliphatic heterocycles. The number of ether oxygens (including phenoxy) is 3. The average molecular weight is 298 g/mol. The molecule has 0 unspecified atom stereocenters. The highest BCUT2D eigenvalue weighted by molar-refractivity contribution is 5.89. The zero-order chi connectivity index (χ0) is 15.9. The Kier molecular flexibility index (Phi) is 5.20. The third-order valence-electron chi connectivity index (χ3n) is 3.22. The third-order valence-corrected chi connectivity index (χ3v) is 3.22. The van der Waals surface area contributed by atoms with Crippen LogP contribution < -0.4 is 9.47 Å². The second-order valence-electron chi connectivity index (χ2n) is 4.55. The maximum atomic E-state index is 11.4. The van der Waals surface area contributed by atoms with Crippen LogP contribution >= 0.6 is 0 Å². The van der Waals surface area contributed by atoms with E-state index in [1.54, 1.807) is 26.4 Å². The molecule has 0 aliphatic rings. The molecule has 0 saturated carbocycles. The fourth-order valence-electron chi connectivity index (χ4n) is 2.00. The molecule has 0 heterocycles. The highest BCUT2D eigenvalue weighted by atomic mass is 16.5. The highest BCUT2D eigenvalue weighted by Gasteiger charge is 2.04. The first kappa shape index (κ1) is 15.6. The van der Waals surface area contributed by atoms with Crippen LogP contribution in [0.15, 0.2) is 42.5 Å². The van der Waals surface area contributed by atoms with Gasteiger partial charge in [0.15, 0.2) is 0 Å². The van der Waals surface area contributed by atoms with Crippen molar-refractivity contribution in [2.75, 3.05) is 21.3 Å². The van der Waals surface area contributed by atoms with Crippen LogP contribution in [-0.4, -0.2) is 27.3 Å². The monoisotopic (exact) mass is 298 g/mol. The predicted molar refractivity (Wildman–Crippen MR) is 86.3 cm³/mol. The first-order valence-electron chi connectivity index (χ1n) is 6.76. The SMILES string of the molecule is COC(=O)c1ccc(/C=C/c2cc(OC)ccc2OC)cc1. The van der Waals surface area contributed by atoms with E-state index < -0.39 is 0 Å². The molecule has 4 heteroatoms. The minimum Gasteiger partial charge on any atom is -0.497 e. The summed E-state index contributed by atoms with van der Waals surface area (Å²) in [6.45, 7) is 0. The van der Waals surface area contributed by atoms with Crippen LogP contribution in [0.2, 0.25) is 0 Å². The summed E-state index contributed by atoms with van der Waals surface area (Å²) in [6, 6.07) is 12.8. The van der Waals surface area contributed by atoms with Crippen molar-refractivity contribution in [3.05, 3.63) is 59.2 Å². The molecule has 0 fully saturated rings. The molecular formula is C18H18O4. The molecule has 0 radical (unpaired) electrons. The van der Waals surface area contributed by atoms with Gasteiger partial charge in [0, 0.05) is 5.56 Å². The van der Waals surface area contributed by atoms with Gasteiger partial charge in [-0.3, -0.25) is 0 Å². The Morgan fingerprint density at radius 3 is 2.23 bits per heavy atom. The van der Waals surface area contributed by atoms with Gasteiger partial charge in [0.1, 0.15) is 11.5 Å². The second kappa shape index (κ2) is 7.31. The van der Waals surface area contributed by atoms with Gasteiger partial charge in [-0.2, -0.15) is 0 Å². The lowest BCUT2D eigenvalue weighted by molar-refractivity contribution is 0.0600. The van der Waals surface area contributed by atoms with E-state index in [1.807, 2.05) is 42.5 Å². The van der Waals surface area contributed by atoms with Crippen LogP contribution in [0.1, 0.15) is 21.5 Å². The Balaban J connectivity index is 2.22. The first-order valence-corrected chi connectivity index (χ1v) is 6.76. The smallest absolute Gasteiger partial charge is 0.337 e. The van der Waals surface area contributed by atoms with Gasteiger partial charge < -0.3 is 14.2 Å². The van der Waals surface area contributed by atoms with E-state index in [9.17, 15) is 4.79 Å². The van der Waals surface area contributed by atoms with Crippen molar-refractivity contribution in [2.45, 2.75) is 0 Å². The molecule has 4 nitrogen and oxygen atoms in total. The number of esters is 1. The molecule has 0 aromatic heterocycles. The molecule has 2 aromatic rings. The Morgan fingerprint density at radius 1 is 0.909 bits per heavy atom. The van der Waals surface area contributed by atoms with Gasteiger partial charge in [0.25, 0.3) is 0 Å². The van der Waals surface area contributed by atoms with E-state index in [1.165, 1.54) is 7.11 Å². The van der Waals surface area contributed by atoms with Gasteiger partial charge in [-0.25, -0.2) is 4.79 Å². The van der Waals surface area contributed by atoms with Crippen molar-refractivity contribution in [1.29, 1.82) is 0 Å². The van der Waals surface area contributed by atoms with Crippen LogP contribution in [0.25, 0.3) is 12.2 Å². The molecule has 0 bridgehead atoms. The predicted octanol–water partition coefficient (Wildman–Crippen LogP) is 3.66. The quantitative estimate of drug-likeness (QED) is 0.624. The maximum absolute atomic E-state index is 11.4. The Labute approximate surface area is 129 Å². The van der Waals surface area contributed by atoms with Gasteiger partial charge in [0.2, 0.25) is 0 Å². The molecule has 0 spiro atoms. The third kappa shape index (κ3) is 3.67. The Hall–Kier alpha value is -2.75. The summed E-state index contributed by atoms with van der Waals surface area (Å²) in [7, 11) is 4.62. The lowest BCUT2D eigenvalue weighted by Gasteiger charge is -2.07. The van der Waals surface area contributed by atoms with Crippen LogP contribution in [0.3, 0.4) is 0 Å². The molecule has 22 heavy (non-hydrogen) atoms. The number of benzene rings is 2. The molecule has 0 amide bonds. The summed E-state index contributed by atoms with van der Waals surface area (Å²) in [6.07, 6.45) is 3.88. The lowest BCUT2D eigenvalue weighted by atomic mass is 10.1. The first-order chi connectivity index (χ1) is 10.7. The fourth-order valence-corrected chi connectivity index (χ4v) is 2.00. The number of rotatable bonds is 5. The van der Waals surface area contributed by atoms with Crippen LogP contribution in [0.4, 0.5) is 0 Å². The van der Waals surface area contributed by atoms with E-state index in [2.05, 4.69) is 4.74 Å². The minimum absolute atomic E-state index is 0.343. The molecule has 2 rings (SSSR count). The van der Waals surface area contributed by atoms with E-state index in [4.69, 9.17) is 9.47 Å². The van der Waals surface area contributed by atoms with E-state index in [-0.39, 0.29) is 5.97 Å². The summed E-state index contributed by atoms with van der Waals surface area (Å²) in [5.74, 6) is 1.19. The zero-order valence-corrected chi connectivity index (χ0v) is 12.8. The van der Waals surface area contributed by atoms with Gasteiger partial charge in [0.05, 0.1) is 26.9 Å².